The lowest BCUT2D eigenvalue weighted by Gasteiger charge is -2.27. The quantitative estimate of drug-likeness (QED) is 0.762. The van der Waals surface area contributed by atoms with E-state index in [4.69, 9.17) is 5.11 Å². The zero-order valence-corrected chi connectivity index (χ0v) is 10.6. The number of aliphatic carboxylic acids is 1. The molecule has 18 heavy (non-hydrogen) atoms. The highest BCUT2D eigenvalue weighted by atomic mass is 16.4. The molecular weight excluding hydrogens is 234 g/mol. The minimum atomic E-state index is -1.07. The largest absolute Gasteiger partial charge is 0.480 e. The van der Waals surface area contributed by atoms with Gasteiger partial charge in [-0.3, -0.25) is 4.98 Å². The van der Waals surface area contributed by atoms with Crippen molar-refractivity contribution in [2.45, 2.75) is 26.8 Å². The van der Waals surface area contributed by atoms with Gasteiger partial charge in [-0.1, -0.05) is 20.8 Å². The number of rotatable bonds is 3. The van der Waals surface area contributed by atoms with Crippen molar-refractivity contribution in [1.29, 1.82) is 0 Å². The number of hydrogen-bond donors (Lipinski definition) is 3. The molecule has 1 rings (SSSR count). The minimum Gasteiger partial charge on any atom is -0.480 e. The van der Waals surface area contributed by atoms with Gasteiger partial charge >= 0.3 is 12.0 Å². The number of amides is 2. The number of carbonyl (C=O) groups is 2. The summed E-state index contributed by atoms with van der Waals surface area (Å²) in [6.45, 7) is 5.24. The van der Waals surface area contributed by atoms with E-state index in [-0.39, 0.29) is 0 Å². The standard InChI is InChI=1S/C12H17N3O3/c1-12(2,3)9(10(16)17)15-11(18)14-8-5-4-6-13-7-8/h4-7,9H,1-3H3,(H,16,17)(H2,14,15,18)/t9-/m0/s1. The second-order valence-corrected chi connectivity index (χ2v) is 4.98. The average Bonchev–Trinajstić information content (AvgIpc) is 2.25. The normalized spacial score (nSPS) is 12.6. The monoisotopic (exact) mass is 251 g/mol. The van der Waals surface area contributed by atoms with Crippen molar-refractivity contribution in [2.75, 3.05) is 5.32 Å². The topological polar surface area (TPSA) is 91.3 Å². The zero-order valence-electron chi connectivity index (χ0n) is 10.6. The van der Waals surface area contributed by atoms with Gasteiger partial charge in [-0.15, -0.1) is 0 Å². The molecule has 0 aromatic carbocycles. The maximum absolute atomic E-state index is 11.7. The summed E-state index contributed by atoms with van der Waals surface area (Å²) >= 11 is 0. The molecule has 3 N–H and O–H groups in total. The molecule has 0 unspecified atom stereocenters. The van der Waals surface area contributed by atoms with Gasteiger partial charge < -0.3 is 15.7 Å². The molecule has 0 aliphatic heterocycles. The summed E-state index contributed by atoms with van der Waals surface area (Å²) in [5.74, 6) is -1.07. The van der Waals surface area contributed by atoms with Gasteiger partial charge in [0.1, 0.15) is 6.04 Å². The first-order valence-corrected chi connectivity index (χ1v) is 5.51. The molecule has 0 fully saturated rings. The van der Waals surface area contributed by atoms with Gasteiger partial charge in [0.25, 0.3) is 0 Å². The molecule has 0 aliphatic rings. The molecule has 0 aliphatic carbocycles. The molecule has 1 atom stereocenters. The number of nitrogens with one attached hydrogen (secondary N) is 2. The van der Waals surface area contributed by atoms with Crippen molar-refractivity contribution in [3.8, 4) is 0 Å². The van der Waals surface area contributed by atoms with Crippen LogP contribution in [-0.2, 0) is 4.79 Å². The molecular formula is C12H17N3O3. The zero-order chi connectivity index (χ0) is 13.8. The third kappa shape index (κ3) is 4.04. The first kappa shape index (κ1) is 14.0. The predicted molar refractivity (Wildman–Crippen MR) is 67.3 cm³/mol. The molecule has 98 valence electrons. The number of hydrogen-bond acceptors (Lipinski definition) is 3. The molecule has 0 saturated heterocycles. The lowest BCUT2D eigenvalue weighted by Crippen LogP contribution is -2.50. The molecule has 1 heterocycles. The van der Waals surface area contributed by atoms with Gasteiger partial charge in [0, 0.05) is 6.20 Å². The minimum absolute atomic E-state index is 0.507. The Morgan fingerprint density at radius 1 is 1.39 bits per heavy atom. The van der Waals surface area contributed by atoms with Gasteiger partial charge in [0.05, 0.1) is 11.9 Å². The molecule has 6 heteroatoms. The van der Waals surface area contributed by atoms with Crippen molar-refractivity contribution in [3.05, 3.63) is 24.5 Å². The van der Waals surface area contributed by atoms with E-state index in [9.17, 15) is 9.59 Å². The van der Waals surface area contributed by atoms with Crippen molar-refractivity contribution in [2.24, 2.45) is 5.41 Å². The Hall–Kier alpha value is -2.11. The molecule has 1 aromatic heterocycles. The lowest BCUT2D eigenvalue weighted by molar-refractivity contribution is -0.141. The molecule has 6 nitrogen and oxygen atoms in total. The number of pyridine rings is 1. The van der Waals surface area contributed by atoms with E-state index in [1.54, 1.807) is 39.1 Å². The molecule has 0 bridgehead atoms. The average molecular weight is 251 g/mol. The first-order chi connectivity index (χ1) is 8.30. The number of urea groups is 1. The Balaban J connectivity index is 2.66. The van der Waals surface area contributed by atoms with E-state index in [1.807, 2.05) is 0 Å². The summed E-state index contributed by atoms with van der Waals surface area (Å²) in [5, 5.41) is 14.0. The Labute approximate surface area is 105 Å². The van der Waals surface area contributed by atoms with Gasteiger partial charge in [0.15, 0.2) is 0 Å². The molecule has 0 spiro atoms. The van der Waals surface area contributed by atoms with Crippen LogP contribution in [0.3, 0.4) is 0 Å². The number of carbonyl (C=O) groups excluding carboxylic acids is 1. The summed E-state index contributed by atoms with van der Waals surface area (Å²) in [6, 6.07) is 1.81. The number of aromatic nitrogens is 1. The van der Waals surface area contributed by atoms with E-state index >= 15 is 0 Å². The fourth-order valence-corrected chi connectivity index (χ4v) is 1.38. The van der Waals surface area contributed by atoms with Crippen LogP contribution < -0.4 is 10.6 Å². The van der Waals surface area contributed by atoms with Crippen LogP contribution in [0.15, 0.2) is 24.5 Å². The summed E-state index contributed by atoms with van der Waals surface area (Å²) in [4.78, 5) is 26.6. The van der Waals surface area contributed by atoms with Crippen LogP contribution >= 0.6 is 0 Å². The Morgan fingerprint density at radius 3 is 2.50 bits per heavy atom. The van der Waals surface area contributed by atoms with Crippen LogP contribution in [-0.4, -0.2) is 28.1 Å². The van der Waals surface area contributed by atoms with E-state index in [0.717, 1.165) is 0 Å². The van der Waals surface area contributed by atoms with Gasteiger partial charge in [-0.2, -0.15) is 0 Å². The highest BCUT2D eigenvalue weighted by Gasteiger charge is 2.32. The number of carboxylic acids is 1. The van der Waals surface area contributed by atoms with E-state index in [0.29, 0.717) is 5.69 Å². The second kappa shape index (κ2) is 5.48. The van der Waals surface area contributed by atoms with Crippen molar-refractivity contribution < 1.29 is 14.7 Å². The third-order valence-electron chi connectivity index (χ3n) is 2.31. The fourth-order valence-electron chi connectivity index (χ4n) is 1.38. The highest BCUT2D eigenvalue weighted by molar-refractivity contribution is 5.92. The number of anilines is 1. The van der Waals surface area contributed by atoms with Crippen molar-refractivity contribution in [1.82, 2.24) is 10.3 Å². The molecule has 0 saturated carbocycles. The molecule has 0 radical (unpaired) electrons. The van der Waals surface area contributed by atoms with E-state index < -0.39 is 23.5 Å². The van der Waals surface area contributed by atoms with Crippen molar-refractivity contribution in [3.63, 3.8) is 0 Å². The van der Waals surface area contributed by atoms with Crippen molar-refractivity contribution >= 4 is 17.7 Å². The van der Waals surface area contributed by atoms with Crippen LogP contribution in [0.4, 0.5) is 10.5 Å². The molecule has 2 amide bonds. The van der Waals surface area contributed by atoms with Crippen LogP contribution in [0.1, 0.15) is 20.8 Å². The Morgan fingerprint density at radius 2 is 2.06 bits per heavy atom. The van der Waals surface area contributed by atoms with Gasteiger partial charge in [-0.05, 0) is 17.5 Å². The number of carboxylic acid groups (broad SMARTS) is 1. The second-order valence-electron chi connectivity index (χ2n) is 4.98. The van der Waals surface area contributed by atoms with E-state index in [2.05, 4.69) is 15.6 Å². The lowest BCUT2D eigenvalue weighted by atomic mass is 9.87. The van der Waals surface area contributed by atoms with Crippen LogP contribution in [0.2, 0.25) is 0 Å². The Kier molecular flexibility index (Phi) is 4.25. The van der Waals surface area contributed by atoms with Crippen LogP contribution in [0.25, 0.3) is 0 Å². The van der Waals surface area contributed by atoms with Gasteiger partial charge in [0.2, 0.25) is 0 Å². The maximum Gasteiger partial charge on any atom is 0.326 e. The van der Waals surface area contributed by atoms with E-state index in [1.165, 1.54) is 6.20 Å². The fraction of sp³-hybridized carbons (Fsp3) is 0.417. The Bertz CT molecular complexity index is 426. The summed E-state index contributed by atoms with van der Waals surface area (Å²) in [7, 11) is 0. The van der Waals surface area contributed by atoms with Crippen LogP contribution in [0, 0.1) is 5.41 Å². The summed E-state index contributed by atoms with van der Waals surface area (Å²) in [5.41, 5.74) is -0.0639. The number of nitrogens with zero attached hydrogens (tertiary/aromatic N) is 1. The molecule has 1 aromatic rings. The smallest absolute Gasteiger partial charge is 0.326 e. The highest BCUT2D eigenvalue weighted by Crippen LogP contribution is 2.19. The van der Waals surface area contributed by atoms with Crippen LogP contribution in [0.5, 0.6) is 0 Å². The summed E-state index contributed by atoms with van der Waals surface area (Å²) < 4.78 is 0. The summed E-state index contributed by atoms with van der Waals surface area (Å²) in [6.07, 6.45) is 3.06. The SMILES string of the molecule is CC(C)(C)[C@@H](NC(=O)Nc1cccnc1)C(=O)O. The van der Waals surface area contributed by atoms with Gasteiger partial charge in [-0.25, -0.2) is 9.59 Å². The third-order valence-corrected chi connectivity index (χ3v) is 2.31. The maximum atomic E-state index is 11.7. The first-order valence-electron chi connectivity index (χ1n) is 5.51. The predicted octanol–water partition coefficient (Wildman–Crippen LogP) is 1.70.